The van der Waals surface area contributed by atoms with E-state index in [0.717, 1.165) is 19.6 Å². The lowest BCUT2D eigenvalue weighted by Gasteiger charge is -2.39. The Morgan fingerprint density at radius 2 is 2.24 bits per heavy atom. The van der Waals surface area contributed by atoms with E-state index in [9.17, 15) is 0 Å². The predicted octanol–water partition coefficient (Wildman–Crippen LogP) is 2.36. The second kappa shape index (κ2) is 4.43. The maximum atomic E-state index is 3.74. The van der Waals surface area contributed by atoms with E-state index in [-0.39, 0.29) is 0 Å². The zero-order valence-electron chi connectivity index (χ0n) is 10.7. The Hall–Kier alpha value is -0.860. The number of nitrogens with one attached hydrogen (secondary N) is 2. The van der Waals surface area contributed by atoms with Crippen LogP contribution in [0.2, 0.25) is 0 Å². The van der Waals surface area contributed by atoms with Gasteiger partial charge in [-0.15, -0.1) is 0 Å². The summed E-state index contributed by atoms with van der Waals surface area (Å²) in [5.74, 6) is 0. The first-order chi connectivity index (χ1) is 8.27. The fourth-order valence-electron chi connectivity index (χ4n) is 2.97. The van der Waals surface area contributed by atoms with Gasteiger partial charge in [0.05, 0.1) is 0 Å². The molecule has 0 aromatic heterocycles. The molecular formula is C15H22N2. The summed E-state index contributed by atoms with van der Waals surface area (Å²) in [7, 11) is 0. The second-order valence-electron chi connectivity index (χ2n) is 5.75. The summed E-state index contributed by atoms with van der Waals surface area (Å²) in [6.07, 6.45) is 5.25. The van der Waals surface area contributed by atoms with Crippen molar-refractivity contribution in [2.45, 2.75) is 51.2 Å². The molecule has 0 spiro atoms. The van der Waals surface area contributed by atoms with E-state index in [0.29, 0.717) is 5.54 Å². The SMILES string of the molecule is CC1(NCc2cccc3c2CCNC3)CCC1. The molecule has 1 fully saturated rings. The van der Waals surface area contributed by atoms with Crippen LogP contribution in [0.25, 0.3) is 0 Å². The normalized spacial score (nSPS) is 21.7. The molecule has 2 heteroatoms. The highest BCUT2D eigenvalue weighted by atomic mass is 15.0. The molecule has 1 aliphatic heterocycles. The van der Waals surface area contributed by atoms with Crippen molar-refractivity contribution in [1.82, 2.24) is 10.6 Å². The lowest BCUT2D eigenvalue weighted by atomic mass is 9.78. The van der Waals surface area contributed by atoms with Crippen molar-refractivity contribution < 1.29 is 0 Å². The Morgan fingerprint density at radius 3 is 3.00 bits per heavy atom. The molecule has 0 unspecified atom stereocenters. The van der Waals surface area contributed by atoms with Gasteiger partial charge in [-0.2, -0.15) is 0 Å². The van der Waals surface area contributed by atoms with Crippen LogP contribution in [0.5, 0.6) is 0 Å². The summed E-state index contributed by atoms with van der Waals surface area (Å²) < 4.78 is 0. The Balaban J connectivity index is 1.74. The summed E-state index contributed by atoms with van der Waals surface area (Å²) >= 11 is 0. The van der Waals surface area contributed by atoms with E-state index in [2.05, 4.69) is 35.8 Å². The molecule has 1 aromatic carbocycles. The highest BCUT2D eigenvalue weighted by molar-refractivity contribution is 5.37. The number of hydrogen-bond donors (Lipinski definition) is 2. The van der Waals surface area contributed by atoms with Gasteiger partial charge in [-0.25, -0.2) is 0 Å². The van der Waals surface area contributed by atoms with E-state index in [1.54, 1.807) is 5.56 Å². The predicted molar refractivity (Wildman–Crippen MR) is 70.9 cm³/mol. The third kappa shape index (κ3) is 2.24. The van der Waals surface area contributed by atoms with Crippen molar-refractivity contribution in [2.24, 2.45) is 0 Å². The Morgan fingerprint density at radius 1 is 1.35 bits per heavy atom. The van der Waals surface area contributed by atoms with Crippen LogP contribution in [0.15, 0.2) is 18.2 Å². The maximum Gasteiger partial charge on any atom is 0.0213 e. The summed E-state index contributed by atoms with van der Waals surface area (Å²) in [6.45, 7) is 5.56. The molecule has 0 radical (unpaired) electrons. The van der Waals surface area contributed by atoms with Gasteiger partial charge < -0.3 is 10.6 Å². The fourth-order valence-corrected chi connectivity index (χ4v) is 2.97. The van der Waals surface area contributed by atoms with Gasteiger partial charge in [0, 0.05) is 18.6 Å². The zero-order chi connectivity index (χ0) is 11.7. The minimum Gasteiger partial charge on any atom is -0.312 e. The van der Waals surface area contributed by atoms with Crippen molar-refractivity contribution >= 4 is 0 Å². The van der Waals surface area contributed by atoms with Gasteiger partial charge >= 0.3 is 0 Å². The van der Waals surface area contributed by atoms with E-state index in [1.807, 2.05) is 0 Å². The van der Waals surface area contributed by atoms with Crippen LogP contribution >= 0.6 is 0 Å². The van der Waals surface area contributed by atoms with Gasteiger partial charge in [-0.3, -0.25) is 0 Å². The molecule has 1 aliphatic carbocycles. The molecule has 2 aliphatic rings. The molecule has 2 N–H and O–H groups in total. The summed E-state index contributed by atoms with van der Waals surface area (Å²) in [5.41, 5.74) is 5.00. The highest BCUT2D eigenvalue weighted by Crippen LogP contribution is 2.31. The summed E-state index contributed by atoms with van der Waals surface area (Å²) in [6, 6.07) is 6.75. The third-order valence-corrected chi connectivity index (χ3v) is 4.40. The van der Waals surface area contributed by atoms with Crippen LogP contribution in [0.4, 0.5) is 0 Å². The number of hydrogen-bond acceptors (Lipinski definition) is 2. The van der Waals surface area contributed by atoms with Crippen LogP contribution < -0.4 is 10.6 Å². The second-order valence-corrected chi connectivity index (χ2v) is 5.75. The van der Waals surface area contributed by atoms with Crippen molar-refractivity contribution in [2.75, 3.05) is 6.54 Å². The van der Waals surface area contributed by atoms with Crippen LogP contribution in [0.3, 0.4) is 0 Å². The molecule has 3 rings (SSSR count). The van der Waals surface area contributed by atoms with E-state index < -0.39 is 0 Å². The lowest BCUT2D eigenvalue weighted by molar-refractivity contribution is 0.206. The van der Waals surface area contributed by atoms with Crippen LogP contribution in [-0.4, -0.2) is 12.1 Å². The first-order valence-electron chi connectivity index (χ1n) is 6.82. The minimum absolute atomic E-state index is 0.412. The van der Waals surface area contributed by atoms with Crippen LogP contribution in [-0.2, 0) is 19.5 Å². The highest BCUT2D eigenvalue weighted by Gasteiger charge is 2.30. The molecule has 0 amide bonds. The number of rotatable bonds is 3. The van der Waals surface area contributed by atoms with E-state index in [4.69, 9.17) is 0 Å². The molecule has 1 aromatic rings. The summed E-state index contributed by atoms with van der Waals surface area (Å²) in [5, 5.41) is 7.18. The van der Waals surface area contributed by atoms with Gasteiger partial charge in [0.15, 0.2) is 0 Å². The Bertz CT molecular complexity index is 407. The molecule has 1 heterocycles. The van der Waals surface area contributed by atoms with E-state index in [1.165, 1.54) is 36.8 Å². The van der Waals surface area contributed by atoms with Crippen molar-refractivity contribution in [1.29, 1.82) is 0 Å². The lowest BCUT2D eigenvalue weighted by Crippen LogP contribution is -2.47. The minimum atomic E-state index is 0.412. The molecule has 0 atom stereocenters. The average Bonchev–Trinajstić information content (AvgIpc) is 2.34. The first kappa shape index (κ1) is 11.2. The molecule has 0 bridgehead atoms. The smallest absolute Gasteiger partial charge is 0.0213 e. The fraction of sp³-hybridized carbons (Fsp3) is 0.600. The van der Waals surface area contributed by atoms with Gasteiger partial charge in [0.25, 0.3) is 0 Å². The van der Waals surface area contributed by atoms with Crippen molar-refractivity contribution in [3.05, 3.63) is 34.9 Å². The Kier molecular flexibility index (Phi) is 2.93. The van der Waals surface area contributed by atoms with Gasteiger partial charge in [-0.05, 0) is 55.8 Å². The first-order valence-corrected chi connectivity index (χ1v) is 6.82. The van der Waals surface area contributed by atoms with Gasteiger partial charge in [0.2, 0.25) is 0 Å². The molecule has 17 heavy (non-hydrogen) atoms. The largest absolute Gasteiger partial charge is 0.312 e. The van der Waals surface area contributed by atoms with Gasteiger partial charge in [-0.1, -0.05) is 18.2 Å². The van der Waals surface area contributed by atoms with Crippen LogP contribution in [0, 0.1) is 0 Å². The molecule has 2 nitrogen and oxygen atoms in total. The average molecular weight is 230 g/mol. The number of fused-ring (bicyclic) bond motifs is 1. The zero-order valence-corrected chi connectivity index (χ0v) is 10.7. The third-order valence-electron chi connectivity index (χ3n) is 4.40. The van der Waals surface area contributed by atoms with Crippen molar-refractivity contribution in [3.8, 4) is 0 Å². The molecule has 92 valence electrons. The number of benzene rings is 1. The standard InChI is InChI=1S/C15H22N2/c1-15(7-3-8-15)17-11-13-5-2-4-12-10-16-9-6-14(12)13/h2,4-5,16-17H,3,6-11H2,1H3. The Labute approximate surface area is 104 Å². The van der Waals surface area contributed by atoms with Gasteiger partial charge in [0.1, 0.15) is 0 Å². The molecule has 1 saturated carbocycles. The molecule has 0 saturated heterocycles. The van der Waals surface area contributed by atoms with E-state index >= 15 is 0 Å². The van der Waals surface area contributed by atoms with Crippen molar-refractivity contribution in [3.63, 3.8) is 0 Å². The quantitative estimate of drug-likeness (QED) is 0.833. The topological polar surface area (TPSA) is 24.1 Å². The van der Waals surface area contributed by atoms with Crippen LogP contribution in [0.1, 0.15) is 42.9 Å². The maximum absolute atomic E-state index is 3.74. The monoisotopic (exact) mass is 230 g/mol. The summed E-state index contributed by atoms with van der Waals surface area (Å²) in [4.78, 5) is 0. The molecular weight excluding hydrogens is 208 g/mol.